The first-order valence-electron chi connectivity index (χ1n) is 16.5. The molecule has 0 radical (unpaired) electrons. The van der Waals surface area contributed by atoms with Gasteiger partial charge in [0.15, 0.2) is 17.5 Å². The molecule has 10 aromatic rings. The molecule has 0 N–H and O–H groups in total. The molecule has 4 heterocycles. The predicted molar refractivity (Wildman–Crippen MR) is 201 cm³/mol. The Hall–Kier alpha value is -6.92. The molecule has 6 aromatic carbocycles. The van der Waals surface area contributed by atoms with Gasteiger partial charge in [0.2, 0.25) is 0 Å². The Morgan fingerprint density at radius 2 is 1.02 bits per heavy atom. The molecule has 0 aliphatic rings. The number of benzene rings is 6. The Morgan fingerprint density at radius 1 is 0.420 bits per heavy atom. The van der Waals surface area contributed by atoms with Crippen molar-refractivity contribution in [1.82, 2.24) is 24.5 Å². The molecule has 0 bridgehead atoms. The van der Waals surface area contributed by atoms with Crippen molar-refractivity contribution in [2.45, 2.75) is 0 Å². The van der Waals surface area contributed by atoms with Gasteiger partial charge >= 0.3 is 0 Å². The molecular formula is C44H27N5O. The average Bonchev–Trinajstić information content (AvgIpc) is 3.73. The SMILES string of the molecule is c1ccc(-c2nc(-c3ccccc3)nc(-c3cnccc3-n3c4ccccc4c4ccc(-c5ccc6oc7ccccc7c6c5)cc43)n2)cc1. The fourth-order valence-electron chi connectivity index (χ4n) is 7.00. The Labute approximate surface area is 287 Å². The topological polar surface area (TPSA) is 69.6 Å². The number of hydrogen-bond acceptors (Lipinski definition) is 5. The number of hydrogen-bond donors (Lipinski definition) is 0. The maximum Gasteiger partial charge on any atom is 0.167 e. The first-order valence-corrected chi connectivity index (χ1v) is 16.5. The van der Waals surface area contributed by atoms with Crippen molar-refractivity contribution in [3.63, 3.8) is 0 Å². The number of rotatable bonds is 5. The van der Waals surface area contributed by atoms with Gasteiger partial charge in [-0.25, -0.2) is 15.0 Å². The lowest BCUT2D eigenvalue weighted by molar-refractivity contribution is 0.669. The van der Waals surface area contributed by atoms with Crippen LogP contribution in [0.15, 0.2) is 168 Å². The van der Waals surface area contributed by atoms with Crippen LogP contribution in [0.2, 0.25) is 0 Å². The van der Waals surface area contributed by atoms with E-state index < -0.39 is 0 Å². The highest BCUT2D eigenvalue weighted by atomic mass is 16.3. The molecule has 50 heavy (non-hydrogen) atoms. The van der Waals surface area contributed by atoms with Crippen molar-refractivity contribution < 1.29 is 4.42 Å². The molecule has 0 fully saturated rings. The van der Waals surface area contributed by atoms with Crippen molar-refractivity contribution in [3.8, 4) is 51.0 Å². The van der Waals surface area contributed by atoms with Crippen molar-refractivity contribution in [2.75, 3.05) is 0 Å². The fourth-order valence-corrected chi connectivity index (χ4v) is 7.00. The van der Waals surface area contributed by atoms with E-state index in [2.05, 4.69) is 82.3 Å². The average molecular weight is 642 g/mol. The summed E-state index contributed by atoms with van der Waals surface area (Å²) in [4.78, 5) is 19.6. The van der Waals surface area contributed by atoms with E-state index in [4.69, 9.17) is 19.4 Å². The minimum Gasteiger partial charge on any atom is -0.456 e. The Kier molecular flexibility index (Phi) is 6.39. The predicted octanol–water partition coefficient (Wildman–Crippen LogP) is 10.9. The van der Waals surface area contributed by atoms with Crippen LogP contribution in [0.5, 0.6) is 0 Å². The molecule has 0 atom stereocenters. The summed E-state index contributed by atoms with van der Waals surface area (Å²) in [5.74, 6) is 1.77. The minimum atomic E-state index is 0.556. The Bertz CT molecular complexity index is 2820. The number of aromatic nitrogens is 5. The van der Waals surface area contributed by atoms with Gasteiger partial charge in [-0.15, -0.1) is 0 Å². The number of furan rings is 1. The molecule has 0 amide bonds. The molecule has 0 spiro atoms. The van der Waals surface area contributed by atoms with E-state index in [1.54, 1.807) is 0 Å². The Morgan fingerprint density at radius 3 is 1.80 bits per heavy atom. The lowest BCUT2D eigenvalue weighted by Gasteiger charge is -2.14. The smallest absolute Gasteiger partial charge is 0.167 e. The molecule has 0 aliphatic heterocycles. The van der Waals surface area contributed by atoms with E-state index >= 15 is 0 Å². The highest BCUT2D eigenvalue weighted by Gasteiger charge is 2.20. The summed E-state index contributed by atoms with van der Waals surface area (Å²) in [6, 6.07) is 52.0. The second-order valence-corrected chi connectivity index (χ2v) is 12.3. The Balaban J connectivity index is 1.20. The van der Waals surface area contributed by atoms with Gasteiger partial charge in [0.25, 0.3) is 0 Å². The van der Waals surface area contributed by atoms with Crippen molar-refractivity contribution in [1.29, 1.82) is 0 Å². The number of pyridine rings is 1. The van der Waals surface area contributed by atoms with E-state index in [0.717, 1.165) is 71.9 Å². The standard InChI is InChI=1S/C44H27N5O/c1-3-11-28(12-4-1)42-46-43(29-13-5-2-6-14-29)48-44(47-42)36-27-45-24-23-38(36)49-37-17-9-7-15-32(37)33-21-19-31(26-39(33)49)30-20-22-41-35(25-30)34-16-8-10-18-40(34)50-41/h1-27H. The summed E-state index contributed by atoms with van der Waals surface area (Å²) < 4.78 is 8.44. The fraction of sp³-hybridized carbons (Fsp3) is 0. The summed E-state index contributed by atoms with van der Waals surface area (Å²) in [5, 5.41) is 4.54. The van der Waals surface area contributed by atoms with Crippen LogP contribution < -0.4 is 0 Å². The van der Waals surface area contributed by atoms with E-state index in [-0.39, 0.29) is 0 Å². The van der Waals surface area contributed by atoms with Gasteiger partial charge in [-0.1, -0.05) is 115 Å². The van der Waals surface area contributed by atoms with Gasteiger partial charge in [0, 0.05) is 45.1 Å². The van der Waals surface area contributed by atoms with Crippen LogP contribution in [0.4, 0.5) is 0 Å². The summed E-state index contributed by atoms with van der Waals surface area (Å²) in [6.45, 7) is 0. The van der Waals surface area contributed by atoms with Gasteiger partial charge < -0.3 is 8.98 Å². The van der Waals surface area contributed by atoms with Crippen molar-refractivity contribution in [2.24, 2.45) is 0 Å². The lowest BCUT2D eigenvalue weighted by Crippen LogP contribution is -2.04. The third kappa shape index (κ3) is 4.58. The molecular weight excluding hydrogens is 615 g/mol. The molecule has 0 saturated carbocycles. The highest BCUT2D eigenvalue weighted by Crippen LogP contribution is 2.39. The van der Waals surface area contributed by atoms with Crippen LogP contribution >= 0.6 is 0 Å². The second-order valence-electron chi connectivity index (χ2n) is 12.3. The van der Waals surface area contributed by atoms with E-state index in [0.29, 0.717) is 17.5 Å². The number of fused-ring (bicyclic) bond motifs is 6. The summed E-state index contributed by atoms with van der Waals surface area (Å²) >= 11 is 0. The molecule has 4 aromatic heterocycles. The number of nitrogens with zero attached hydrogens (tertiary/aromatic N) is 5. The van der Waals surface area contributed by atoms with E-state index in [9.17, 15) is 0 Å². The van der Waals surface area contributed by atoms with Crippen molar-refractivity contribution in [3.05, 3.63) is 164 Å². The summed E-state index contributed by atoms with van der Waals surface area (Å²) in [5.41, 5.74) is 9.76. The van der Waals surface area contributed by atoms with Crippen LogP contribution in [-0.2, 0) is 0 Å². The zero-order valence-corrected chi connectivity index (χ0v) is 26.7. The highest BCUT2D eigenvalue weighted by molar-refractivity contribution is 6.11. The maximum atomic E-state index is 6.13. The normalized spacial score (nSPS) is 11.6. The van der Waals surface area contributed by atoms with Crippen LogP contribution in [0.1, 0.15) is 0 Å². The quantitative estimate of drug-likeness (QED) is 0.187. The minimum absolute atomic E-state index is 0.556. The largest absolute Gasteiger partial charge is 0.456 e. The summed E-state index contributed by atoms with van der Waals surface area (Å²) in [6.07, 6.45) is 3.69. The van der Waals surface area contributed by atoms with Gasteiger partial charge in [-0.2, -0.15) is 0 Å². The van der Waals surface area contributed by atoms with Gasteiger partial charge in [0.1, 0.15) is 11.2 Å². The van der Waals surface area contributed by atoms with Crippen LogP contribution in [-0.4, -0.2) is 24.5 Å². The molecule has 234 valence electrons. The van der Waals surface area contributed by atoms with Gasteiger partial charge in [0.05, 0.1) is 22.3 Å². The molecule has 0 aliphatic carbocycles. The second kappa shape index (κ2) is 11.4. The monoisotopic (exact) mass is 641 g/mol. The first kappa shape index (κ1) is 28.1. The molecule has 0 unspecified atom stereocenters. The zero-order chi connectivity index (χ0) is 33.0. The van der Waals surface area contributed by atoms with Crippen LogP contribution in [0.3, 0.4) is 0 Å². The third-order valence-electron chi connectivity index (χ3n) is 9.36. The molecule has 10 rings (SSSR count). The van der Waals surface area contributed by atoms with E-state index in [1.165, 1.54) is 5.39 Å². The zero-order valence-electron chi connectivity index (χ0n) is 26.7. The molecule has 6 nitrogen and oxygen atoms in total. The van der Waals surface area contributed by atoms with Crippen LogP contribution in [0, 0.1) is 0 Å². The van der Waals surface area contributed by atoms with E-state index in [1.807, 2.05) is 91.3 Å². The van der Waals surface area contributed by atoms with Gasteiger partial charge in [-0.3, -0.25) is 4.98 Å². The van der Waals surface area contributed by atoms with Crippen LogP contribution in [0.25, 0.3) is 94.7 Å². The summed E-state index contributed by atoms with van der Waals surface area (Å²) in [7, 11) is 0. The molecule has 0 saturated heterocycles. The van der Waals surface area contributed by atoms with Crippen molar-refractivity contribution >= 4 is 43.7 Å². The number of para-hydroxylation sites is 2. The maximum absolute atomic E-state index is 6.13. The lowest BCUT2D eigenvalue weighted by atomic mass is 10.0. The molecule has 6 heteroatoms. The first-order chi connectivity index (χ1) is 24.8. The van der Waals surface area contributed by atoms with Gasteiger partial charge in [-0.05, 0) is 47.5 Å². The third-order valence-corrected chi connectivity index (χ3v) is 9.36.